The van der Waals surface area contributed by atoms with Crippen LogP contribution in [0.15, 0.2) is 30.3 Å². The molecule has 2 heterocycles. The van der Waals surface area contributed by atoms with E-state index in [1.807, 2.05) is 37.3 Å². The lowest BCUT2D eigenvalue weighted by Crippen LogP contribution is -2.54. The summed E-state index contributed by atoms with van der Waals surface area (Å²) in [6.07, 6.45) is 4.04. The first-order valence-electron chi connectivity index (χ1n) is 10.9. The summed E-state index contributed by atoms with van der Waals surface area (Å²) in [5, 5.41) is 3.98. The molecule has 7 heteroatoms. The second kappa shape index (κ2) is 8.80. The Balaban J connectivity index is 1.48. The molecule has 0 spiro atoms. The molecule has 0 unspecified atom stereocenters. The smallest absolute Gasteiger partial charge is 0.233 e. The standard InChI is InChI=1S/C23H30ClN5O/c1-3-25-20-16-21(27-17(2)26-20)28-12-14-29(15-13-28)22(30)23(10-4-5-11-23)18-6-8-19(24)9-7-18/h6-9,16H,3-5,10-15H2,1-2H3,(H,25,26,27). The van der Waals surface area contributed by atoms with Crippen molar-refractivity contribution in [2.75, 3.05) is 42.9 Å². The number of amides is 1. The first-order chi connectivity index (χ1) is 14.5. The molecule has 2 fully saturated rings. The summed E-state index contributed by atoms with van der Waals surface area (Å²) in [5.41, 5.74) is 0.717. The number of nitrogens with one attached hydrogen (secondary N) is 1. The summed E-state index contributed by atoms with van der Waals surface area (Å²) in [4.78, 5) is 27.0. The van der Waals surface area contributed by atoms with Crippen molar-refractivity contribution < 1.29 is 4.79 Å². The van der Waals surface area contributed by atoms with E-state index < -0.39 is 5.41 Å². The summed E-state index contributed by atoms with van der Waals surface area (Å²) >= 11 is 6.09. The molecule has 1 saturated heterocycles. The van der Waals surface area contributed by atoms with Crippen molar-refractivity contribution in [1.29, 1.82) is 0 Å². The number of nitrogens with zero attached hydrogens (tertiary/aromatic N) is 4. The number of aryl methyl sites for hydroxylation is 1. The highest BCUT2D eigenvalue weighted by atomic mass is 35.5. The predicted molar refractivity (Wildman–Crippen MR) is 121 cm³/mol. The Morgan fingerprint density at radius 3 is 2.40 bits per heavy atom. The SMILES string of the molecule is CCNc1cc(N2CCN(C(=O)C3(c4ccc(Cl)cc4)CCCC3)CC2)nc(C)n1. The van der Waals surface area contributed by atoms with Gasteiger partial charge in [0.05, 0.1) is 5.41 Å². The molecule has 0 radical (unpaired) electrons. The highest BCUT2D eigenvalue weighted by Gasteiger charge is 2.45. The van der Waals surface area contributed by atoms with Gasteiger partial charge in [-0.2, -0.15) is 0 Å². The van der Waals surface area contributed by atoms with Gasteiger partial charge in [-0.25, -0.2) is 9.97 Å². The zero-order chi connectivity index (χ0) is 21.1. The summed E-state index contributed by atoms with van der Waals surface area (Å²) in [7, 11) is 0. The average Bonchev–Trinajstić information content (AvgIpc) is 3.25. The second-order valence-corrected chi connectivity index (χ2v) is 8.70. The van der Waals surface area contributed by atoms with Gasteiger partial charge < -0.3 is 15.1 Å². The number of carbonyl (C=O) groups is 1. The van der Waals surface area contributed by atoms with Crippen LogP contribution in [0.25, 0.3) is 0 Å². The average molecular weight is 428 g/mol. The van der Waals surface area contributed by atoms with E-state index in [4.69, 9.17) is 11.6 Å². The van der Waals surface area contributed by atoms with Gasteiger partial charge in [0, 0.05) is 43.8 Å². The van der Waals surface area contributed by atoms with Crippen molar-refractivity contribution in [3.05, 3.63) is 46.7 Å². The molecule has 1 aromatic heterocycles. The molecule has 1 amide bonds. The second-order valence-electron chi connectivity index (χ2n) is 8.26. The maximum absolute atomic E-state index is 13.7. The molecular weight excluding hydrogens is 398 g/mol. The minimum absolute atomic E-state index is 0.272. The molecule has 2 aliphatic rings. The molecule has 4 rings (SSSR count). The number of halogens is 1. The monoisotopic (exact) mass is 427 g/mol. The summed E-state index contributed by atoms with van der Waals surface area (Å²) in [6, 6.07) is 9.88. The Bertz CT molecular complexity index is 887. The molecule has 1 aromatic carbocycles. The summed E-state index contributed by atoms with van der Waals surface area (Å²) in [6.45, 7) is 7.79. The molecule has 160 valence electrons. The number of hydrogen-bond acceptors (Lipinski definition) is 5. The normalized spacial score (nSPS) is 18.5. The van der Waals surface area contributed by atoms with Gasteiger partial charge >= 0.3 is 0 Å². The highest BCUT2D eigenvalue weighted by molar-refractivity contribution is 6.30. The Hall–Kier alpha value is -2.34. The van der Waals surface area contributed by atoms with Crippen molar-refractivity contribution in [1.82, 2.24) is 14.9 Å². The van der Waals surface area contributed by atoms with Gasteiger partial charge in [0.15, 0.2) is 0 Å². The Kier molecular flexibility index (Phi) is 6.14. The zero-order valence-electron chi connectivity index (χ0n) is 17.8. The summed E-state index contributed by atoms with van der Waals surface area (Å²) in [5.74, 6) is 2.81. The summed E-state index contributed by atoms with van der Waals surface area (Å²) < 4.78 is 0. The highest BCUT2D eigenvalue weighted by Crippen LogP contribution is 2.43. The molecule has 30 heavy (non-hydrogen) atoms. The van der Waals surface area contributed by atoms with Crippen LogP contribution >= 0.6 is 11.6 Å². The first kappa shape index (κ1) is 20.9. The molecule has 1 N–H and O–H groups in total. The van der Waals surface area contributed by atoms with Gasteiger partial charge in [0.2, 0.25) is 5.91 Å². The lowest BCUT2D eigenvalue weighted by Gasteiger charge is -2.40. The van der Waals surface area contributed by atoms with Crippen molar-refractivity contribution in [3.8, 4) is 0 Å². The van der Waals surface area contributed by atoms with Crippen molar-refractivity contribution in [2.45, 2.75) is 44.9 Å². The van der Waals surface area contributed by atoms with Crippen LogP contribution in [0.2, 0.25) is 5.02 Å². The third-order valence-corrected chi connectivity index (χ3v) is 6.59. The van der Waals surface area contributed by atoms with E-state index in [0.717, 1.165) is 68.3 Å². The van der Waals surface area contributed by atoms with Crippen LogP contribution < -0.4 is 10.2 Å². The largest absolute Gasteiger partial charge is 0.370 e. The quantitative estimate of drug-likeness (QED) is 0.780. The number of carbonyl (C=O) groups excluding carboxylic acids is 1. The Labute approximate surface area is 183 Å². The lowest BCUT2D eigenvalue weighted by molar-refractivity contribution is -0.137. The zero-order valence-corrected chi connectivity index (χ0v) is 18.6. The fraction of sp³-hybridized carbons (Fsp3) is 0.522. The predicted octanol–water partition coefficient (Wildman–Crippen LogP) is 4.03. The topological polar surface area (TPSA) is 61.4 Å². The van der Waals surface area contributed by atoms with Crippen LogP contribution in [-0.4, -0.2) is 53.5 Å². The minimum Gasteiger partial charge on any atom is -0.370 e. The number of rotatable bonds is 5. The van der Waals surface area contributed by atoms with E-state index in [1.54, 1.807) is 0 Å². The van der Waals surface area contributed by atoms with Crippen LogP contribution in [-0.2, 0) is 10.2 Å². The fourth-order valence-electron chi connectivity index (χ4n) is 4.80. The van der Waals surface area contributed by atoms with E-state index in [1.165, 1.54) is 0 Å². The van der Waals surface area contributed by atoms with Gasteiger partial charge in [0.25, 0.3) is 0 Å². The number of piperazine rings is 1. The number of anilines is 2. The molecule has 2 aromatic rings. The molecule has 6 nitrogen and oxygen atoms in total. The maximum Gasteiger partial charge on any atom is 0.233 e. The van der Waals surface area contributed by atoms with E-state index >= 15 is 0 Å². The molecule has 1 saturated carbocycles. The first-order valence-corrected chi connectivity index (χ1v) is 11.3. The van der Waals surface area contributed by atoms with Crippen LogP contribution in [0, 0.1) is 6.92 Å². The van der Waals surface area contributed by atoms with Gasteiger partial charge in [-0.05, 0) is 44.4 Å². The van der Waals surface area contributed by atoms with Crippen LogP contribution in [0.5, 0.6) is 0 Å². The van der Waals surface area contributed by atoms with Gasteiger partial charge in [-0.3, -0.25) is 4.79 Å². The van der Waals surface area contributed by atoms with E-state index in [9.17, 15) is 4.79 Å². The van der Waals surface area contributed by atoms with E-state index in [0.29, 0.717) is 18.1 Å². The van der Waals surface area contributed by atoms with Crippen molar-refractivity contribution in [3.63, 3.8) is 0 Å². The van der Waals surface area contributed by atoms with E-state index in [-0.39, 0.29) is 5.91 Å². The van der Waals surface area contributed by atoms with Gasteiger partial charge in [-0.15, -0.1) is 0 Å². The van der Waals surface area contributed by atoms with Gasteiger partial charge in [0.1, 0.15) is 17.5 Å². The number of aromatic nitrogens is 2. The Morgan fingerprint density at radius 2 is 1.77 bits per heavy atom. The fourth-order valence-corrected chi connectivity index (χ4v) is 4.93. The molecule has 0 bridgehead atoms. The van der Waals surface area contributed by atoms with Crippen LogP contribution in [0.4, 0.5) is 11.6 Å². The minimum atomic E-state index is -0.392. The van der Waals surface area contributed by atoms with Crippen molar-refractivity contribution >= 4 is 29.1 Å². The number of hydrogen-bond donors (Lipinski definition) is 1. The Morgan fingerprint density at radius 1 is 1.10 bits per heavy atom. The number of benzene rings is 1. The molecule has 1 aliphatic carbocycles. The van der Waals surface area contributed by atoms with Gasteiger partial charge in [-0.1, -0.05) is 36.6 Å². The van der Waals surface area contributed by atoms with Crippen LogP contribution in [0.3, 0.4) is 0 Å². The molecule has 0 atom stereocenters. The third kappa shape index (κ3) is 4.10. The molecular formula is C23H30ClN5O. The van der Waals surface area contributed by atoms with E-state index in [2.05, 4.69) is 32.0 Å². The third-order valence-electron chi connectivity index (χ3n) is 6.34. The molecule has 1 aliphatic heterocycles. The van der Waals surface area contributed by atoms with Crippen molar-refractivity contribution in [2.24, 2.45) is 0 Å². The lowest BCUT2D eigenvalue weighted by atomic mass is 9.77. The maximum atomic E-state index is 13.7. The van der Waals surface area contributed by atoms with Crippen LogP contribution in [0.1, 0.15) is 44.0 Å².